The highest BCUT2D eigenvalue weighted by molar-refractivity contribution is 9.10. The number of methoxy groups -OCH3 is 1. The molecule has 0 aromatic heterocycles. The molecular formula is C13H18BrNO2. The highest BCUT2D eigenvalue weighted by Gasteiger charge is 2.24. The number of hydrogen-bond donors (Lipinski definition) is 2. The van der Waals surface area contributed by atoms with E-state index in [1.807, 2.05) is 12.1 Å². The van der Waals surface area contributed by atoms with E-state index in [4.69, 9.17) is 10.5 Å². The molecule has 0 spiro atoms. The molecule has 1 atom stereocenters. The van der Waals surface area contributed by atoms with Crippen LogP contribution in [0, 0.1) is 5.92 Å². The van der Waals surface area contributed by atoms with E-state index in [1.165, 1.54) is 25.7 Å². The predicted molar refractivity (Wildman–Crippen MR) is 71.2 cm³/mol. The quantitative estimate of drug-likeness (QED) is 0.900. The summed E-state index contributed by atoms with van der Waals surface area (Å²) in [6, 6.07) is 3.76. The minimum absolute atomic E-state index is 0.0308. The van der Waals surface area contributed by atoms with Gasteiger partial charge in [-0.05, 0) is 52.4 Å². The average Bonchev–Trinajstić information content (AvgIpc) is 2.85. The summed E-state index contributed by atoms with van der Waals surface area (Å²) in [6.45, 7) is 0. The van der Waals surface area contributed by atoms with E-state index >= 15 is 0 Å². The van der Waals surface area contributed by atoms with Gasteiger partial charge >= 0.3 is 0 Å². The molecule has 3 nitrogen and oxygen atoms in total. The second-order valence-corrected chi connectivity index (χ2v) is 5.48. The van der Waals surface area contributed by atoms with Gasteiger partial charge in [0.25, 0.3) is 0 Å². The number of aromatic hydroxyl groups is 1. The zero-order chi connectivity index (χ0) is 12.4. The molecule has 1 aromatic rings. The standard InChI is InChI=1S/C13H18BrNO2/c1-17-11-7-9(6-10(14)13(11)16)12(15)8-4-2-3-5-8/h6-8,12,16H,2-5,15H2,1H3/t12-/m1/s1. The fraction of sp³-hybridized carbons (Fsp3) is 0.538. The third-order valence-corrected chi connectivity index (χ3v) is 4.17. The smallest absolute Gasteiger partial charge is 0.172 e. The number of phenolic OH excluding ortho intramolecular Hbond substituents is 1. The van der Waals surface area contributed by atoms with Gasteiger partial charge in [-0.3, -0.25) is 0 Å². The van der Waals surface area contributed by atoms with Gasteiger partial charge in [0.05, 0.1) is 11.6 Å². The first-order valence-electron chi connectivity index (χ1n) is 5.95. The fourth-order valence-corrected chi connectivity index (χ4v) is 2.99. The lowest BCUT2D eigenvalue weighted by molar-refractivity contribution is 0.369. The topological polar surface area (TPSA) is 55.5 Å². The summed E-state index contributed by atoms with van der Waals surface area (Å²) in [5.41, 5.74) is 7.31. The van der Waals surface area contributed by atoms with Gasteiger partial charge in [0.2, 0.25) is 0 Å². The number of benzene rings is 1. The van der Waals surface area contributed by atoms with Crippen LogP contribution < -0.4 is 10.5 Å². The van der Waals surface area contributed by atoms with E-state index in [9.17, 15) is 5.11 Å². The number of ether oxygens (including phenoxy) is 1. The third-order valence-electron chi connectivity index (χ3n) is 3.56. The number of hydrogen-bond acceptors (Lipinski definition) is 3. The summed E-state index contributed by atoms with van der Waals surface area (Å²) in [6.07, 6.45) is 4.94. The molecule has 0 unspecified atom stereocenters. The maximum atomic E-state index is 9.76. The molecule has 0 bridgehead atoms. The predicted octanol–water partition coefficient (Wildman–Crippen LogP) is 3.35. The Kier molecular flexibility index (Phi) is 3.94. The minimum atomic E-state index is 0.0308. The van der Waals surface area contributed by atoms with E-state index in [2.05, 4.69) is 15.9 Å². The normalized spacial score (nSPS) is 18.3. The van der Waals surface area contributed by atoms with Crippen LogP contribution in [0.3, 0.4) is 0 Å². The summed E-state index contributed by atoms with van der Waals surface area (Å²) >= 11 is 3.33. The highest BCUT2D eigenvalue weighted by atomic mass is 79.9. The lowest BCUT2D eigenvalue weighted by Crippen LogP contribution is -2.19. The summed E-state index contributed by atoms with van der Waals surface area (Å²) in [5.74, 6) is 1.16. The molecule has 1 aromatic carbocycles. The van der Waals surface area contributed by atoms with Gasteiger partial charge in [0.15, 0.2) is 11.5 Å². The Morgan fingerprint density at radius 2 is 2.06 bits per heavy atom. The van der Waals surface area contributed by atoms with Crippen molar-refractivity contribution in [2.45, 2.75) is 31.7 Å². The van der Waals surface area contributed by atoms with Crippen molar-refractivity contribution in [1.82, 2.24) is 0 Å². The molecule has 0 saturated heterocycles. The highest BCUT2D eigenvalue weighted by Crippen LogP contribution is 2.40. The van der Waals surface area contributed by atoms with Gasteiger partial charge < -0.3 is 15.6 Å². The number of nitrogens with two attached hydrogens (primary N) is 1. The van der Waals surface area contributed by atoms with E-state index in [0.717, 1.165) is 5.56 Å². The Morgan fingerprint density at radius 3 is 2.65 bits per heavy atom. The molecule has 1 saturated carbocycles. The van der Waals surface area contributed by atoms with Crippen LogP contribution in [0.1, 0.15) is 37.3 Å². The fourth-order valence-electron chi connectivity index (χ4n) is 2.53. The van der Waals surface area contributed by atoms with E-state index in [-0.39, 0.29) is 11.8 Å². The van der Waals surface area contributed by atoms with Crippen molar-refractivity contribution in [3.05, 3.63) is 22.2 Å². The van der Waals surface area contributed by atoms with Gasteiger partial charge in [0.1, 0.15) is 0 Å². The van der Waals surface area contributed by atoms with Crippen molar-refractivity contribution < 1.29 is 9.84 Å². The largest absolute Gasteiger partial charge is 0.503 e. The van der Waals surface area contributed by atoms with Crippen LogP contribution in [0.5, 0.6) is 11.5 Å². The zero-order valence-electron chi connectivity index (χ0n) is 9.95. The minimum Gasteiger partial charge on any atom is -0.503 e. The second-order valence-electron chi connectivity index (χ2n) is 4.62. The van der Waals surface area contributed by atoms with Gasteiger partial charge in [-0.25, -0.2) is 0 Å². The molecule has 1 fully saturated rings. The molecule has 0 heterocycles. The molecule has 4 heteroatoms. The molecule has 17 heavy (non-hydrogen) atoms. The summed E-state index contributed by atoms with van der Waals surface area (Å²) in [5, 5.41) is 9.76. The van der Waals surface area contributed by atoms with E-state index < -0.39 is 0 Å². The summed E-state index contributed by atoms with van der Waals surface area (Å²) in [4.78, 5) is 0. The Hall–Kier alpha value is -0.740. The molecule has 1 aliphatic rings. The van der Waals surface area contributed by atoms with E-state index in [0.29, 0.717) is 16.1 Å². The number of rotatable bonds is 3. The molecular weight excluding hydrogens is 282 g/mol. The molecule has 0 amide bonds. The van der Waals surface area contributed by atoms with Crippen molar-refractivity contribution in [3.63, 3.8) is 0 Å². The summed E-state index contributed by atoms with van der Waals surface area (Å²) < 4.78 is 5.78. The lowest BCUT2D eigenvalue weighted by Gasteiger charge is -2.20. The van der Waals surface area contributed by atoms with Crippen LogP contribution in [0.4, 0.5) is 0 Å². The van der Waals surface area contributed by atoms with Crippen LogP contribution in [-0.2, 0) is 0 Å². The lowest BCUT2D eigenvalue weighted by atomic mass is 9.92. The maximum absolute atomic E-state index is 9.76. The summed E-state index contributed by atoms with van der Waals surface area (Å²) in [7, 11) is 1.55. The molecule has 1 aliphatic carbocycles. The second kappa shape index (κ2) is 5.27. The first-order valence-corrected chi connectivity index (χ1v) is 6.74. The van der Waals surface area contributed by atoms with E-state index in [1.54, 1.807) is 7.11 Å². The van der Waals surface area contributed by atoms with Crippen molar-refractivity contribution in [2.75, 3.05) is 7.11 Å². The molecule has 3 N–H and O–H groups in total. The van der Waals surface area contributed by atoms with Crippen LogP contribution in [0.15, 0.2) is 16.6 Å². The first-order chi connectivity index (χ1) is 8.13. The van der Waals surface area contributed by atoms with Crippen LogP contribution in [0.2, 0.25) is 0 Å². The number of phenols is 1. The van der Waals surface area contributed by atoms with Gasteiger partial charge in [-0.2, -0.15) is 0 Å². The van der Waals surface area contributed by atoms with Gasteiger partial charge in [-0.1, -0.05) is 12.8 Å². The van der Waals surface area contributed by atoms with Crippen LogP contribution in [0.25, 0.3) is 0 Å². The monoisotopic (exact) mass is 299 g/mol. The van der Waals surface area contributed by atoms with Crippen molar-refractivity contribution in [2.24, 2.45) is 11.7 Å². The molecule has 2 rings (SSSR count). The molecule has 94 valence electrons. The Bertz CT molecular complexity index is 403. The van der Waals surface area contributed by atoms with Crippen molar-refractivity contribution in [1.29, 1.82) is 0 Å². The average molecular weight is 300 g/mol. The maximum Gasteiger partial charge on any atom is 0.172 e. The van der Waals surface area contributed by atoms with Crippen LogP contribution in [-0.4, -0.2) is 12.2 Å². The van der Waals surface area contributed by atoms with Crippen LogP contribution >= 0.6 is 15.9 Å². The Morgan fingerprint density at radius 1 is 1.41 bits per heavy atom. The Labute approximate surface area is 110 Å². The van der Waals surface area contributed by atoms with Crippen molar-refractivity contribution >= 4 is 15.9 Å². The number of halogens is 1. The molecule has 0 radical (unpaired) electrons. The van der Waals surface area contributed by atoms with Gasteiger partial charge in [0, 0.05) is 6.04 Å². The Balaban J connectivity index is 2.28. The first kappa shape index (κ1) is 12.7. The third kappa shape index (κ3) is 2.58. The van der Waals surface area contributed by atoms with Crippen molar-refractivity contribution in [3.8, 4) is 11.5 Å². The van der Waals surface area contributed by atoms with Gasteiger partial charge in [-0.15, -0.1) is 0 Å². The zero-order valence-corrected chi connectivity index (χ0v) is 11.5. The molecule has 0 aliphatic heterocycles. The SMILES string of the molecule is COc1cc([C@H](N)C2CCCC2)cc(Br)c1O.